The van der Waals surface area contributed by atoms with Crippen molar-refractivity contribution in [3.8, 4) is 0 Å². The number of rotatable bonds is 6. The summed E-state index contributed by atoms with van der Waals surface area (Å²) in [6.45, 7) is 7.95. The average Bonchev–Trinajstić information content (AvgIpc) is 2.47. The van der Waals surface area contributed by atoms with Crippen molar-refractivity contribution in [1.82, 2.24) is 9.97 Å². The van der Waals surface area contributed by atoms with Crippen LogP contribution in [0.4, 0.5) is 17.3 Å². The first-order valence-electron chi connectivity index (χ1n) is 7.42. The van der Waals surface area contributed by atoms with E-state index in [1.54, 1.807) is 13.4 Å². The second kappa shape index (κ2) is 7.22. The molecule has 2 rings (SSSR count). The first-order chi connectivity index (χ1) is 10.5. The maximum Gasteiger partial charge on any atom is 0.135 e. The highest BCUT2D eigenvalue weighted by Gasteiger charge is 2.17. The molecule has 0 amide bonds. The molecule has 0 aliphatic heterocycles. The molecule has 1 aromatic heterocycles. The number of hydrogen-bond acceptors (Lipinski definition) is 5. The summed E-state index contributed by atoms with van der Waals surface area (Å²) >= 11 is 0. The molecular formula is C17H24N4O. The number of para-hydroxylation sites is 1. The maximum absolute atomic E-state index is 5.02. The van der Waals surface area contributed by atoms with Crippen molar-refractivity contribution >= 4 is 17.3 Å². The van der Waals surface area contributed by atoms with E-state index in [2.05, 4.69) is 59.6 Å². The van der Waals surface area contributed by atoms with Crippen LogP contribution in [-0.2, 0) is 10.2 Å². The van der Waals surface area contributed by atoms with Crippen LogP contribution in [0.3, 0.4) is 0 Å². The van der Waals surface area contributed by atoms with Crippen molar-refractivity contribution < 1.29 is 4.74 Å². The van der Waals surface area contributed by atoms with E-state index in [0.29, 0.717) is 13.2 Å². The van der Waals surface area contributed by atoms with Gasteiger partial charge < -0.3 is 15.4 Å². The third-order valence-corrected chi connectivity index (χ3v) is 3.28. The number of methoxy groups -OCH3 is 1. The fourth-order valence-electron chi connectivity index (χ4n) is 2.19. The summed E-state index contributed by atoms with van der Waals surface area (Å²) in [5.74, 6) is 1.55. The Labute approximate surface area is 132 Å². The van der Waals surface area contributed by atoms with E-state index in [4.69, 9.17) is 4.74 Å². The molecule has 5 nitrogen and oxygen atoms in total. The smallest absolute Gasteiger partial charge is 0.135 e. The minimum atomic E-state index is 0.0656. The van der Waals surface area contributed by atoms with Gasteiger partial charge in [0, 0.05) is 25.4 Å². The highest BCUT2D eigenvalue weighted by Crippen LogP contribution is 2.30. The molecule has 5 heteroatoms. The summed E-state index contributed by atoms with van der Waals surface area (Å²) in [5, 5.41) is 6.59. The fourth-order valence-corrected chi connectivity index (χ4v) is 2.19. The molecule has 1 heterocycles. The van der Waals surface area contributed by atoms with E-state index in [0.717, 1.165) is 17.3 Å². The predicted molar refractivity (Wildman–Crippen MR) is 90.8 cm³/mol. The third-order valence-electron chi connectivity index (χ3n) is 3.28. The van der Waals surface area contributed by atoms with Gasteiger partial charge in [-0.05, 0) is 17.0 Å². The number of benzene rings is 1. The first kappa shape index (κ1) is 16.2. The van der Waals surface area contributed by atoms with Crippen LogP contribution in [0.1, 0.15) is 26.3 Å². The molecule has 0 radical (unpaired) electrons. The van der Waals surface area contributed by atoms with Crippen molar-refractivity contribution in [1.29, 1.82) is 0 Å². The largest absolute Gasteiger partial charge is 0.383 e. The molecule has 2 N–H and O–H groups in total. The number of aromatic nitrogens is 2. The topological polar surface area (TPSA) is 59.1 Å². The Balaban J connectivity index is 2.16. The summed E-state index contributed by atoms with van der Waals surface area (Å²) in [7, 11) is 1.68. The lowest BCUT2D eigenvalue weighted by molar-refractivity contribution is 0.210. The summed E-state index contributed by atoms with van der Waals surface area (Å²) in [4.78, 5) is 8.50. The maximum atomic E-state index is 5.02. The lowest BCUT2D eigenvalue weighted by Crippen LogP contribution is -2.14. The molecule has 2 aromatic rings. The average molecular weight is 300 g/mol. The van der Waals surface area contributed by atoms with E-state index >= 15 is 0 Å². The molecule has 22 heavy (non-hydrogen) atoms. The van der Waals surface area contributed by atoms with Crippen LogP contribution in [-0.4, -0.2) is 30.2 Å². The normalized spacial score (nSPS) is 11.3. The molecule has 0 spiro atoms. The van der Waals surface area contributed by atoms with Crippen LogP contribution >= 0.6 is 0 Å². The molecule has 0 fully saturated rings. The molecular weight excluding hydrogens is 276 g/mol. The summed E-state index contributed by atoms with van der Waals surface area (Å²) in [5.41, 5.74) is 2.38. The van der Waals surface area contributed by atoms with Gasteiger partial charge in [0.1, 0.15) is 18.0 Å². The molecule has 1 aromatic carbocycles. The van der Waals surface area contributed by atoms with Gasteiger partial charge in [0.2, 0.25) is 0 Å². The van der Waals surface area contributed by atoms with Gasteiger partial charge in [0.15, 0.2) is 0 Å². The van der Waals surface area contributed by atoms with Gasteiger partial charge in [0.25, 0.3) is 0 Å². The number of nitrogens with one attached hydrogen (secondary N) is 2. The molecule has 118 valence electrons. The second-order valence-electron chi connectivity index (χ2n) is 6.13. The number of ether oxygens (including phenoxy) is 1. The van der Waals surface area contributed by atoms with E-state index < -0.39 is 0 Å². The third kappa shape index (κ3) is 4.43. The Kier molecular flexibility index (Phi) is 5.33. The molecule has 0 saturated heterocycles. The molecule has 0 atom stereocenters. The van der Waals surface area contributed by atoms with Crippen LogP contribution < -0.4 is 10.6 Å². The van der Waals surface area contributed by atoms with E-state index in [1.165, 1.54) is 5.56 Å². The van der Waals surface area contributed by atoms with Gasteiger partial charge >= 0.3 is 0 Å². The SMILES string of the molecule is COCCNc1cc(Nc2ccccc2C(C)(C)C)ncn1. The predicted octanol–water partition coefficient (Wildman–Crippen LogP) is 3.58. The van der Waals surface area contributed by atoms with Crippen LogP contribution in [0.5, 0.6) is 0 Å². The van der Waals surface area contributed by atoms with Crippen molar-refractivity contribution in [2.75, 3.05) is 30.9 Å². The van der Waals surface area contributed by atoms with Crippen LogP contribution in [0.15, 0.2) is 36.7 Å². The van der Waals surface area contributed by atoms with Crippen LogP contribution in [0.25, 0.3) is 0 Å². The number of nitrogens with zero attached hydrogens (tertiary/aromatic N) is 2. The lowest BCUT2D eigenvalue weighted by atomic mass is 9.86. The lowest BCUT2D eigenvalue weighted by Gasteiger charge is -2.23. The molecule has 0 saturated carbocycles. The fraction of sp³-hybridized carbons (Fsp3) is 0.412. The van der Waals surface area contributed by atoms with Crippen LogP contribution in [0, 0.1) is 0 Å². The van der Waals surface area contributed by atoms with Gasteiger partial charge in [-0.25, -0.2) is 9.97 Å². The summed E-state index contributed by atoms with van der Waals surface area (Å²) in [6.07, 6.45) is 1.55. The first-order valence-corrected chi connectivity index (χ1v) is 7.42. The zero-order chi connectivity index (χ0) is 16.0. The zero-order valence-electron chi connectivity index (χ0n) is 13.7. The second-order valence-corrected chi connectivity index (χ2v) is 6.13. The Morgan fingerprint density at radius 3 is 2.55 bits per heavy atom. The monoisotopic (exact) mass is 300 g/mol. The highest BCUT2D eigenvalue weighted by molar-refractivity contribution is 5.63. The standard InChI is InChI=1S/C17H24N4O/c1-17(2,3)13-7-5-6-8-14(13)21-16-11-15(19-12-20-16)18-9-10-22-4/h5-8,11-12H,9-10H2,1-4H3,(H2,18,19,20,21). The Morgan fingerprint density at radius 2 is 1.82 bits per heavy atom. The van der Waals surface area contributed by atoms with Gasteiger partial charge in [-0.15, -0.1) is 0 Å². The highest BCUT2D eigenvalue weighted by atomic mass is 16.5. The van der Waals surface area contributed by atoms with E-state index in [9.17, 15) is 0 Å². The number of anilines is 3. The molecule has 0 unspecified atom stereocenters. The van der Waals surface area contributed by atoms with Gasteiger partial charge in [-0.2, -0.15) is 0 Å². The minimum Gasteiger partial charge on any atom is -0.383 e. The quantitative estimate of drug-likeness (QED) is 0.799. The molecule has 0 aliphatic carbocycles. The van der Waals surface area contributed by atoms with Gasteiger partial charge in [0.05, 0.1) is 6.61 Å². The Hall–Kier alpha value is -2.14. The molecule has 0 aliphatic rings. The minimum absolute atomic E-state index is 0.0656. The summed E-state index contributed by atoms with van der Waals surface area (Å²) in [6, 6.07) is 10.2. The van der Waals surface area contributed by atoms with Crippen molar-refractivity contribution in [3.05, 3.63) is 42.2 Å². The van der Waals surface area contributed by atoms with E-state index in [-0.39, 0.29) is 5.41 Å². The molecule has 0 bridgehead atoms. The number of hydrogen-bond donors (Lipinski definition) is 2. The van der Waals surface area contributed by atoms with Gasteiger partial charge in [-0.3, -0.25) is 0 Å². The summed E-state index contributed by atoms with van der Waals surface area (Å²) < 4.78 is 5.02. The van der Waals surface area contributed by atoms with Gasteiger partial charge in [-0.1, -0.05) is 39.0 Å². The Morgan fingerprint density at radius 1 is 1.09 bits per heavy atom. The van der Waals surface area contributed by atoms with Crippen molar-refractivity contribution in [2.24, 2.45) is 0 Å². The Bertz CT molecular complexity index is 608. The van der Waals surface area contributed by atoms with Crippen molar-refractivity contribution in [2.45, 2.75) is 26.2 Å². The van der Waals surface area contributed by atoms with Crippen molar-refractivity contribution in [3.63, 3.8) is 0 Å². The van der Waals surface area contributed by atoms with Crippen LogP contribution in [0.2, 0.25) is 0 Å². The van der Waals surface area contributed by atoms with E-state index in [1.807, 2.05) is 12.1 Å². The zero-order valence-corrected chi connectivity index (χ0v) is 13.7.